The maximum atomic E-state index is 10.0. The Morgan fingerprint density at radius 2 is 1.50 bits per heavy atom. The van der Waals surface area contributed by atoms with Crippen LogP contribution in [0.3, 0.4) is 0 Å². The van der Waals surface area contributed by atoms with Gasteiger partial charge in [-0.25, -0.2) is 0 Å². The molecule has 2 fully saturated rings. The molecule has 0 aromatic carbocycles. The Labute approximate surface area is 185 Å². The quantitative estimate of drug-likeness (QED) is 0.103. The van der Waals surface area contributed by atoms with Gasteiger partial charge in [0.15, 0.2) is 5.37 Å². The number of piperazine rings is 1. The van der Waals surface area contributed by atoms with Crippen molar-refractivity contribution in [3.8, 4) is 0 Å². The van der Waals surface area contributed by atoms with Crippen LogP contribution in [0.4, 0.5) is 0 Å². The monoisotopic (exact) mass is 399 g/mol. The first-order valence-corrected chi connectivity index (χ1v) is 10.9. The van der Waals surface area contributed by atoms with Gasteiger partial charge in [0, 0.05) is 19.7 Å². The van der Waals surface area contributed by atoms with Gasteiger partial charge in [0.05, 0.1) is 38.1 Å². The molecular weight excluding hydrogens is 363 g/mol. The van der Waals surface area contributed by atoms with E-state index in [-0.39, 0.29) is 29.6 Å². The van der Waals surface area contributed by atoms with E-state index >= 15 is 0 Å². The van der Waals surface area contributed by atoms with Crippen molar-refractivity contribution >= 4 is 12.0 Å². The Hall–Kier alpha value is 1.11. The molecule has 2 aliphatic rings. The van der Waals surface area contributed by atoms with Gasteiger partial charge < -0.3 is 14.8 Å². The van der Waals surface area contributed by atoms with Crippen LogP contribution in [0.5, 0.6) is 0 Å². The molecule has 0 aromatic rings. The van der Waals surface area contributed by atoms with Crippen molar-refractivity contribution in [2.24, 2.45) is 0 Å². The average Bonchev–Trinajstić information content (AvgIpc) is 2.63. The van der Waals surface area contributed by atoms with Gasteiger partial charge in [-0.2, -0.15) is 4.33 Å². The molecule has 1 N–H and O–H groups in total. The van der Waals surface area contributed by atoms with Gasteiger partial charge in [-0.3, -0.25) is 9.94 Å². The zero-order valence-electron chi connectivity index (χ0n) is 16.6. The fraction of sp³-hybridized carbons (Fsp3) is 1.00. The summed E-state index contributed by atoms with van der Waals surface area (Å²) >= 11 is 1.21. The fourth-order valence-corrected chi connectivity index (χ4v) is 4.95. The van der Waals surface area contributed by atoms with E-state index in [4.69, 9.17) is 5.11 Å². The SMILES string of the molecule is [Na+].[O-]OOSC1CC[N+]12CCN(CCCCCCCCCCCO)CC2. The van der Waals surface area contributed by atoms with E-state index in [1.165, 1.54) is 103 Å². The number of aliphatic hydroxyl groups excluding tert-OH is 1. The molecule has 2 heterocycles. The molecule has 8 heteroatoms. The topological polar surface area (TPSA) is 65.0 Å². The van der Waals surface area contributed by atoms with Crippen LogP contribution >= 0.6 is 12.0 Å². The molecule has 0 amide bonds. The Morgan fingerprint density at radius 1 is 0.923 bits per heavy atom. The van der Waals surface area contributed by atoms with Crippen molar-refractivity contribution in [3.05, 3.63) is 0 Å². The number of nitrogens with zero attached hydrogens (tertiary/aromatic N) is 2. The summed E-state index contributed by atoms with van der Waals surface area (Å²) in [5.74, 6) is 0. The molecule has 6 nitrogen and oxygen atoms in total. The normalized spacial score (nSPS) is 22.2. The minimum absolute atomic E-state index is 0. The molecule has 1 spiro atoms. The third kappa shape index (κ3) is 8.64. The van der Waals surface area contributed by atoms with Crippen molar-refractivity contribution in [2.45, 2.75) is 69.6 Å². The standard InChI is InChI=1S/C18H36N2O4S.Na/c21-17-9-7-5-3-1-2-4-6-8-11-19-12-15-20(16-13-19)14-10-18(20)25-24-23-22;/h18,21H,1-17H2;/q;+1. The van der Waals surface area contributed by atoms with E-state index in [1.807, 2.05) is 0 Å². The molecule has 1 unspecified atom stereocenters. The first kappa shape index (κ1) is 25.1. The third-order valence-corrected chi connectivity index (χ3v) is 7.01. The van der Waals surface area contributed by atoms with Crippen molar-refractivity contribution in [3.63, 3.8) is 0 Å². The predicted octanol–water partition coefficient (Wildman–Crippen LogP) is -0.772. The van der Waals surface area contributed by atoms with Gasteiger partial charge in [-0.1, -0.05) is 44.9 Å². The van der Waals surface area contributed by atoms with Gasteiger partial charge in [0.2, 0.25) is 0 Å². The second-order valence-electron chi connectivity index (χ2n) is 7.61. The zero-order valence-corrected chi connectivity index (χ0v) is 19.4. The van der Waals surface area contributed by atoms with Crippen molar-refractivity contribution in [1.82, 2.24) is 4.90 Å². The molecule has 2 saturated heterocycles. The summed E-state index contributed by atoms with van der Waals surface area (Å²) in [7, 11) is 0. The molecule has 0 radical (unpaired) electrons. The van der Waals surface area contributed by atoms with E-state index in [0.717, 1.165) is 17.3 Å². The van der Waals surface area contributed by atoms with Crippen LogP contribution in [0, 0.1) is 0 Å². The first-order valence-electron chi connectivity index (χ1n) is 10.1. The number of aliphatic hydroxyl groups is 1. The van der Waals surface area contributed by atoms with Crippen LogP contribution in [-0.4, -0.2) is 65.7 Å². The van der Waals surface area contributed by atoms with E-state index in [2.05, 4.69) is 14.3 Å². The van der Waals surface area contributed by atoms with E-state index in [9.17, 15) is 5.26 Å². The second-order valence-corrected chi connectivity index (χ2v) is 8.48. The number of unbranched alkanes of at least 4 members (excludes halogenated alkanes) is 8. The van der Waals surface area contributed by atoms with E-state index in [0.29, 0.717) is 12.0 Å². The zero-order chi connectivity index (χ0) is 17.8. The van der Waals surface area contributed by atoms with Gasteiger partial charge in [-0.05, 0) is 19.4 Å². The minimum atomic E-state index is 0. The predicted molar refractivity (Wildman–Crippen MR) is 98.1 cm³/mol. The Kier molecular flexibility index (Phi) is 14.5. The van der Waals surface area contributed by atoms with Gasteiger partial charge >= 0.3 is 29.6 Å². The summed E-state index contributed by atoms with van der Waals surface area (Å²) in [6.45, 7) is 7.47. The first-order chi connectivity index (χ1) is 12.3. The molecule has 0 saturated carbocycles. The van der Waals surface area contributed by atoms with Crippen LogP contribution < -0.4 is 34.8 Å². The maximum Gasteiger partial charge on any atom is 1.00 e. The molecule has 1 atom stereocenters. The number of quaternary nitrogens is 1. The molecule has 0 aromatic heterocycles. The van der Waals surface area contributed by atoms with Crippen molar-refractivity contribution < 1.29 is 53.8 Å². The molecule has 0 aliphatic carbocycles. The van der Waals surface area contributed by atoms with Crippen LogP contribution in [0.25, 0.3) is 0 Å². The van der Waals surface area contributed by atoms with E-state index < -0.39 is 0 Å². The second kappa shape index (κ2) is 15.0. The fourth-order valence-electron chi connectivity index (χ4n) is 4.13. The summed E-state index contributed by atoms with van der Waals surface area (Å²) in [5.41, 5.74) is 0. The largest absolute Gasteiger partial charge is 1.00 e. The van der Waals surface area contributed by atoms with Crippen LogP contribution in [0.15, 0.2) is 0 Å². The van der Waals surface area contributed by atoms with Crippen LogP contribution in [-0.2, 0) is 9.37 Å². The molecule has 2 rings (SSSR count). The molecule has 148 valence electrons. The average molecular weight is 400 g/mol. The number of hydrogen-bond acceptors (Lipinski definition) is 6. The summed E-state index contributed by atoms with van der Waals surface area (Å²) in [5, 5.41) is 22.6. The number of rotatable bonds is 14. The minimum Gasteiger partial charge on any atom is -0.691 e. The van der Waals surface area contributed by atoms with Gasteiger partial charge in [-0.15, -0.1) is 0 Å². The smallest absolute Gasteiger partial charge is 0.691 e. The van der Waals surface area contributed by atoms with Gasteiger partial charge in [0.25, 0.3) is 0 Å². The maximum absolute atomic E-state index is 10.0. The summed E-state index contributed by atoms with van der Waals surface area (Å²) in [6.07, 6.45) is 12.6. The molecule has 0 bridgehead atoms. The van der Waals surface area contributed by atoms with E-state index in [1.54, 1.807) is 0 Å². The molecule has 26 heavy (non-hydrogen) atoms. The van der Waals surface area contributed by atoms with Crippen LogP contribution in [0.2, 0.25) is 0 Å². The molecule has 2 aliphatic heterocycles. The van der Waals surface area contributed by atoms with Gasteiger partial charge in [0.1, 0.15) is 0 Å². The van der Waals surface area contributed by atoms with Crippen molar-refractivity contribution in [2.75, 3.05) is 45.9 Å². The third-order valence-electron chi connectivity index (χ3n) is 5.97. The van der Waals surface area contributed by atoms with Crippen molar-refractivity contribution in [1.29, 1.82) is 0 Å². The Bertz CT molecular complexity index is 347. The summed E-state index contributed by atoms with van der Waals surface area (Å²) in [4.78, 5) is 2.60. The summed E-state index contributed by atoms with van der Waals surface area (Å²) < 4.78 is 5.65. The Balaban J connectivity index is 0.00000338. The Morgan fingerprint density at radius 3 is 2.00 bits per heavy atom. The summed E-state index contributed by atoms with van der Waals surface area (Å²) in [6, 6.07) is 0. The number of hydrogen-bond donors (Lipinski definition) is 1. The molecular formula is C18H36N2NaO4S+. The van der Waals surface area contributed by atoms with Crippen LogP contribution in [0.1, 0.15) is 64.2 Å².